The van der Waals surface area contributed by atoms with Gasteiger partial charge in [0.25, 0.3) is 0 Å². The van der Waals surface area contributed by atoms with Gasteiger partial charge in [0.2, 0.25) is 11.8 Å². The predicted octanol–water partition coefficient (Wildman–Crippen LogP) is 1.62. The summed E-state index contributed by atoms with van der Waals surface area (Å²) in [5.41, 5.74) is 7.52. The lowest BCUT2D eigenvalue weighted by Gasteiger charge is -2.23. The Morgan fingerprint density at radius 3 is 2.45 bits per heavy atom. The average molecular weight is 303 g/mol. The van der Waals surface area contributed by atoms with Crippen molar-refractivity contribution < 1.29 is 9.59 Å². The number of hydrogen-bond donors (Lipinski definition) is 3. The molecule has 1 aromatic rings. The van der Waals surface area contributed by atoms with Gasteiger partial charge in [-0.2, -0.15) is 0 Å². The van der Waals surface area contributed by atoms with Gasteiger partial charge in [-0.05, 0) is 42.9 Å². The molecule has 0 aromatic heterocycles. The highest BCUT2D eigenvalue weighted by molar-refractivity contribution is 5.87. The van der Waals surface area contributed by atoms with Crippen LogP contribution in [-0.2, 0) is 16.0 Å². The van der Waals surface area contributed by atoms with Crippen LogP contribution in [0.5, 0.6) is 0 Å². The summed E-state index contributed by atoms with van der Waals surface area (Å²) in [6, 6.07) is 7.24. The van der Waals surface area contributed by atoms with Crippen LogP contribution in [0.4, 0.5) is 5.69 Å². The first-order chi connectivity index (χ1) is 10.6. The van der Waals surface area contributed by atoms with E-state index in [1.165, 1.54) is 6.92 Å². The number of hydrogen-bond acceptors (Lipinski definition) is 3. The van der Waals surface area contributed by atoms with E-state index in [0.717, 1.165) is 43.4 Å². The van der Waals surface area contributed by atoms with E-state index in [2.05, 4.69) is 10.6 Å². The zero-order valence-electron chi connectivity index (χ0n) is 13.1. The molecule has 1 fully saturated rings. The molecule has 4 N–H and O–H groups in total. The maximum absolute atomic E-state index is 12.4. The molecule has 0 heterocycles. The number of carbonyl (C=O) groups is 2. The van der Waals surface area contributed by atoms with Crippen LogP contribution < -0.4 is 16.4 Å². The van der Waals surface area contributed by atoms with Crippen LogP contribution in [0.2, 0.25) is 0 Å². The molecule has 1 aliphatic rings. The molecule has 5 nitrogen and oxygen atoms in total. The fourth-order valence-electron chi connectivity index (χ4n) is 3.03. The minimum absolute atomic E-state index is 0.0717. The largest absolute Gasteiger partial charge is 0.399 e. The monoisotopic (exact) mass is 303 g/mol. The summed E-state index contributed by atoms with van der Waals surface area (Å²) in [6.45, 7) is 2.02. The average Bonchev–Trinajstić information content (AvgIpc) is 3.00. The van der Waals surface area contributed by atoms with Gasteiger partial charge in [-0.3, -0.25) is 9.59 Å². The summed E-state index contributed by atoms with van der Waals surface area (Å²) in [5.74, 6) is 0.0450. The van der Waals surface area contributed by atoms with Crippen LogP contribution in [0.1, 0.15) is 38.2 Å². The van der Waals surface area contributed by atoms with E-state index >= 15 is 0 Å². The van der Waals surface area contributed by atoms with Gasteiger partial charge in [0.15, 0.2) is 0 Å². The van der Waals surface area contributed by atoms with E-state index in [1.807, 2.05) is 24.3 Å². The number of anilines is 1. The fourth-order valence-corrected chi connectivity index (χ4v) is 3.03. The summed E-state index contributed by atoms with van der Waals surface area (Å²) < 4.78 is 0. The van der Waals surface area contributed by atoms with Gasteiger partial charge in [-0.15, -0.1) is 0 Å². The third-order valence-electron chi connectivity index (χ3n) is 4.21. The van der Waals surface area contributed by atoms with E-state index in [-0.39, 0.29) is 17.7 Å². The maximum atomic E-state index is 12.4. The van der Waals surface area contributed by atoms with Crippen molar-refractivity contribution in [1.82, 2.24) is 10.6 Å². The fraction of sp³-hybridized carbons (Fsp3) is 0.529. The first-order valence-electron chi connectivity index (χ1n) is 7.95. The van der Waals surface area contributed by atoms with Crippen molar-refractivity contribution in [3.63, 3.8) is 0 Å². The standard InChI is InChI=1S/C17H25N3O2/c1-12(21)20-16(14-4-2-3-5-14)17(22)19-11-10-13-6-8-15(18)9-7-13/h6-9,14,16H,2-5,10-11,18H2,1H3,(H,19,22)(H,20,21). The predicted molar refractivity (Wildman–Crippen MR) is 87.1 cm³/mol. The normalized spacial score (nSPS) is 16.2. The van der Waals surface area contributed by atoms with Gasteiger partial charge in [0.05, 0.1) is 0 Å². The van der Waals surface area contributed by atoms with E-state index in [4.69, 9.17) is 5.73 Å². The second-order valence-corrected chi connectivity index (χ2v) is 6.01. The van der Waals surface area contributed by atoms with Gasteiger partial charge in [0.1, 0.15) is 6.04 Å². The quantitative estimate of drug-likeness (QED) is 0.698. The Morgan fingerprint density at radius 2 is 1.86 bits per heavy atom. The van der Waals surface area contributed by atoms with Crippen LogP contribution in [0.15, 0.2) is 24.3 Å². The van der Waals surface area contributed by atoms with Crippen LogP contribution >= 0.6 is 0 Å². The lowest BCUT2D eigenvalue weighted by atomic mass is 9.97. The Morgan fingerprint density at radius 1 is 1.23 bits per heavy atom. The SMILES string of the molecule is CC(=O)NC(C(=O)NCCc1ccc(N)cc1)C1CCCC1. The van der Waals surface area contributed by atoms with E-state index in [9.17, 15) is 9.59 Å². The van der Waals surface area contributed by atoms with Crippen LogP contribution in [0.25, 0.3) is 0 Å². The molecule has 0 bridgehead atoms. The molecule has 22 heavy (non-hydrogen) atoms. The third-order valence-corrected chi connectivity index (χ3v) is 4.21. The van der Waals surface area contributed by atoms with Crippen molar-refractivity contribution in [3.8, 4) is 0 Å². The number of amides is 2. The topological polar surface area (TPSA) is 84.2 Å². The van der Waals surface area contributed by atoms with Crippen LogP contribution in [0.3, 0.4) is 0 Å². The smallest absolute Gasteiger partial charge is 0.242 e. The maximum Gasteiger partial charge on any atom is 0.242 e. The van der Waals surface area contributed by atoms with Crippen molar-refractivity contribution in [3.05, 3.63) is 29.8 Å². The molecule has 1 unspecified atom stereocenters. The Bertz CT molecular complexity index is 507. The molecular formula is C17H25N3O2. The second-order valence-electron chi connectivity index (χ2n) is 6.01. The van der Waals surface area contributed by atoms with Gasteiger partial charge < -0.3 is 16.4 Å². The zero-order valence-corrected chi connectivity index (χ0v) is 13.1. The number of nitrogens with one attached hydrogen (secondary N) is 2. The van der Waals surface area contributed by atoms with Gasteiger partial charge >= 0.3 is 0 Å². The Hall–Kier alpha value is -2.04. The first kappa shape index (κ1) is 16.3. The first-order valence-corrected chi connectivity index (χ1v) is 7.95. The summed E-state index contributed by atoms with van der Waals surface area (Å²) in [4.78, 5) is 23.7. The number of nitrogen functional groups attached to an aromatic ring is 1. The lowest BCUT2D eigenvalue weighted by Crippen LogP contribution is -2.50. The van der Waals surface area contributed by atoms with E-state index < -0.39 is 6.04 Å². The van der Waals surface area contributed by atoms with Gasteiger partial charge in [-0.25, -0.2) is 0 Å². The van der Waals surface area contributed by atoms with Crippen LogP contribution in [0, 0.1) is 5.92 Å². The van der Waals surface area contributed by atoms with Crippen molar-refractivity contribution >= 4 is 17.5 Å². The Balaban J connectivity index is 1.84. The highest BCUT2D eigenvalue weighted by atomic mass is 16.2. The van der Waals surface area contributed by atoms with E-state index in [1.54, 1.807) is 0 Å². The molecule has 0 aliphatic heterocycles. The molecular weight excluding hydrogens is 278 g/mol. The molecule has 120 valence electrons. The number of benzene rings is 1. The lowest BCUT2D eigenvalue weighted by molar-refractivity contribution is -0.129. The molecule has 1 aromatic carbocycles. The van der Waals surface area contributed by atoms with Crippen LogP contribution in [-0.4, -0.2) is 24.4 Å². The summed E-state index contributed by atoms with van der Waals surface area (Å²) >= 11 is 0. The van der Waals surface area contributed by atoms with E-state index in [0.29, 0.717) is 6.54 Å². The highest BCUT2D eigenvalue weighted by Crippen LogP contribution is 2.27. The van der Waals surface area contributed by atoms with Crippen molar-refractivity contribution in [2.75, 3.05) is 12.3 Å². The molecule has 0 spiro atoms. The molecule has 2 rings (SSSR count). The Labute approximate surface area is 131 Å². The van der Waals surface area contributed by atoms with Gasteiger partial charge in [-0.1, -0.05) is 25.0 Å². The molecule has 0 radical (unpaired) electrons. The number of carbonyl (C=O) groups excluding carboxylic acids is 2. The minimum Gasteiger partial charge on any atom is -0.399 e. The van der Waals surface area contributed by atoms with Gasteiger partial charge in [0, 0.05) is 19.2 Å². The molecule has 0 saturated heterocycles. The zero-order chi connectivity index (χ0) is 15.9. The van der Waals surface area contributed by atoms with Crippen molar-refractivity contribution in [1.29, 1.82) is 0 Å². The van der Waals surface area contributed by atoms with Crippen molar-refractivity contribution in [2.45, 2.75) is 45.1 Å². The third kappa shape index (κ3) is 4.76. The number of nitrogens with two attached hydrogens (primary N) is 1. The molecule has 5 heteroatoms. The minimum atomic E-state index is -0.397. The molecule has 1 aliphatic carbocycles. The number of rotatable bonds is 6. The molecule has 1 atom stereocenters. The summed E-state index contributed by atoms with van der Waals surface area (Å²) in [6.07, 6.45) is 5.05. The second kappa shape index (κ2) is 7.82. The van der Waals surface area contributed by atoms with Crippen molar-refractivity contribution in [2.24, 2.45) is 5.92 Å². The molecule has 1 saturated carbocycles. The summed E-state index contributed by atoms with van der Waals surface area (Å²) in [7, 11) is 0. The summed E-state index contributed by atoms with van der Waals surface area (Å²) in [5, 5.41) is 5.75. The highest BCUT2D eigenvalue weighted by Gasteiger charge is 2.30. The molecule has 2 amide bonds. The Kier molecular flexibility index (Phi) is 5.81.